The minimum Gasteiger partial charge on any atom is -0.298 e. The van der Waals surface area contributed by atoms with Gasteiger partial charge in [-0.05, 0) is 18.1 Å². The van der Waals surface area contributed by atoms with Crippen molar-refractivity contribution in [2.45, 2.75) is 26.3 Å². The molecule has 0 aliphatic rings. The zero-order valence-corrected chi connectivity index (χ0v) is 18.3. The van der Waals surface area contributed by atoms with Gasteiger partial charge in [0, 0.05) is 23.9 Å². The molecule has 0 atom stereocenters. The highest BCUT2D eigenvalue weighted by atomic mass is 32.1. The van der Waals surface area contributed by atoms with Crippen LogP contribution in [0.25, 0.3) is 21.3 Å². The van der Waals surface area contributed by atoms with E-state index in [2.05, 4.69) is 15.8 Å². The molecule has 162 valence electrons. The lowest BCUT2D eigenvalue weighted by Gasteiger charge is -2.09. The van der Waals surface area contributed by atoms with E-state index in [-0.39, 0.29) is 36.8 Å². The average Bonchev–Trinajstić information content (AvgIpc) is 3.23. The van der Waals surface area contributed by atoms with Crippen molar-refractivity contribution >= 4 is 33.4 Å². The fraction of sp³-hybridized carbons (Fsp3) is 0.167. The van der Waals surface area contributed by atoms with Crippen LogP contribution in [-0.2, 0) is 22.6 Å². The Morgan fingerprint density at radius 3 is 2.47 bits per heavy atom. The molecular weight excluding hydrogens is 424 g/mol. The predicted octanol–water partition coefficient (Wildman–Crippen LogP) is 3.21. The molecular formula is C24H22N4O3S. The number of thiophene rings is 1. The Bertz CT molecular complexity index is 1310. The number of hydrogen-bond donors (Lipinski definition) is 2. The minimum absolute atomic E-state index is 0.0305. The van der Waals surface area contributed by atoms with Gasteiger partial charge in [0.15, 0.2) is 0 Å². The van der Waals surface area contributed by atoms with Crippen molar-refractivity contribution in [2.75, 3.05) is 0 Å². The summed E-state index contributed by atoms with van der Waals surface area (Å²) in [5, 5.41) is 2.49. The number of aryl methyl sites for hydroxylation is 2. The molecule has 2 aromatic heterocycles. The first-order valence-corrected chi connectivity index (χ1v) is 11.0. The van der Waals surface area contributed by atoms with Gasteiger partial charge in [-0.25, -0.2) is 4.98 Å². The number of aromatic nitrogens is 2. The van der Waals surface area contributed by atoms with Crippen LogP contribution in [0.2, 0.25) is 0 Å². The number of carbonyl (C=O) groups is 2. The van der Waals surface area contributed by atoms with Crippen molar-refractivity contribution in [1.29, 1.82) is 0 Å². The quantitative estimate of drug-likeness (QED) is 0.445. The summed E-state index contributed by atoms with van der Waals surface area (Å²) < 4.78 is 1.43. The van der Waals surface area contributed by atoms with Gasteiger partial charge < -0.3 is 0 Å². The van der Waals surface area contributed by atoms with Crippen molar-refractivity contribution < 1.29 is 9.59 Å². The maximum atomic E-state index is 13.1. The monoisotopic (exact) mass is 446 g/mol. The molecule has 8 heteroatoms. The van der Waals surface area contributed by atoms with Gasteiger partial charge in [-0.1, -0.05) is 60.2 Å². The second-order valence-corrected chi connectivity index (χ2v) is 8.31. The Morgan fingerprint density at radius 1 is 1.00 bits per heavy atom. The van der Waals surface area contributed by atoms with Crippen LogP contribution < -0.4 is 16.4 Å². The van der Waals surface area contributed by atoms with E-state index in [9.17, 15) is 14.4 Å². The molecule has 0 aliphatic heterocycles. The van der Waals surface area contributed by atoms with Crippen LogP contribution in [0.1, 0.15) is 17.5 Å². The molecule has 0 bridgehead atoms. The molecule has 0 radical (unpaired) electrons. The third-order valence-electron chi connectivity index (χ3n) is 5.05. The first-order chi connectivity index (χ1) is 15.5. The third kappa shape index (κ3) is 4.92. The van der Waals surface area contributed by atoms with Gasteiger partial charge in [0.1, 0.15) is 4.83 Å². The molecule has 0 fully saturated rings. The van der Waals surface area contributed by atoms with Crippen molar-refractivity contribution in [3.05, 3.63) is 87.8 Å². The van der Waals surface area contributed by atoms with Gasteiger partial charge >= 0.3 is 0 Å². The Kier molecular flexibility index (Phi) is 6.42. The Hall–Kier alpha value is -3.78. The third-order valence-corrected chi connectivity index (χ3v) is 5.94. The molecule has 7 nitrogen and oxygen atoms in total. The second-order valence-electron chi connectivity index (χ2n) is 7.45. The molecule has 32 heavy (non-hydrogen) atoms. The summed E-state index contributed by atoms with van der Waals surface area (Å²) in [5.41, 5.74) is 8.40. The van der Waals surface area contributed by atoms with Gasteiger partial charge in [-0.3, -0.25) is 29.8 Å². The Morgan fingerprint density at radius 2 is 1.72 bits per heavy atom. The molecule has 2 heterocycles. The van der Waals surface area contributed by atoms with Gasteiger partial charge in [-0.2, -0.15) is 0 Å². The fourth-order valence-corrected chi connectivity index (χ4v) is 4.23. The van der Waals surface area contributed by atoms with Gasteiger partial charge in [0.25, 0.3) is 5.56 Å². The molecule has 0 spiro atoms. The average molecular weight is 447 g/mol. The number of nitrogens with zero attached hydrogens (tertiary/aromatic N) is 2. The van der Waals surface area contributed by atoms with Gasteiger partial charge in [0.05, 0.1) is 18.1 Å². The smallest absolute Gasteiger partial charge is 0.262 e. The molecule has 2 amide bonds. The molecule has 2 N–H and O–H groups in total. The highest BCUT2D eigenvalue weighted by Gasteiger charge is 2.14. The van der Waals surface area contributed by atoms with Gasteiger partial charge in [0.2, 0.25) is 11.8 Å². The lowest BCUT2D eigenvalue weighted by Crippen LogP contribution is -2.42. The zero-order chi connectivity index (χ0) is 22.5. The SMILES string of the molecule is Cc1ccc(-c2csc3ncn(CCC(=O)NNC(=O)Cc4ccccc4)c(=O)c23)cc1. The standard InChI is InChI=1S/C24H22N4O3S/c1-16-7-9-18(10-8-16)19-14-32-23-22(19)24(31)28(15-25-23)12-11-20(29)26-27-21(30)13-17-5-3-2-4-6-17/h2-10,14-15H,11-13H2,1H3,(H,26,29)(H,27,30). The first kappa shape index (κ1) is 21.5. The fourth-order valence-electron chi connectivity index (χ4n) is 3.32. The number of hydrogen-bond acceptors (Lipinski definition) is 5. The van der Waals surface area contributed by atoms with E-state index in [1.165, 1.54) is 22.2 Å². The van der Waals surface area contributed by atoms with E-state index >= 15 is 0 Å². The maximum Gasteiger partial charge on any atom is 0.262 e. The number of amides is 2. The van der Waals surface area contributed by atoms with Crippen molar-refractivity contribution in [3.63, 3.8) is 0 Å². The van der Waals surface area contributed by atoms with Crippen LogP contribution in [0.4, 0.5) is 0 Å². The maximum absolute atomic E-state index is 13.1. The summed E-state index contributed by atoms with van der Waals surface area (Å²) in [4.78, 5) is 42.2. The second kappa shape index (κ2) is 9.57. The van der Waals surface area contributed by atoms with Crippen LogP contribution in [0, 0.1) is 6.92 Å². The van der Waals surface area contributed by atoms with Gasteiger partial charge in [-0.15, -0.1) is 11.3 Å². The molecule has 0 aliphatic carbocycles. The predicted molar refractivity (Wildman–Crippen MR) is 125 cm³/mol. The molecule has 0 saturated heterocycles. The topological polar surface area (TPSA) is 93.1 Å². The van der Waals surface area contributed by atoms with Crippen molar-refractivity contribution in [3.8, 4) is 11.1 Å². The van der Waals surface area contributed by atoms with Crippen LogP contribution in [0.3, 0.4) is 0 Å². The molecule has 2 aromatic carbocycles. The van der Waals surface area contributed by atoms with Crippen LogP contribution >= 0.6 is 11.3 Å². The van der Waals surface area contributed by atoms with Crippen LogP contribution in [0.15, 0.2) is 71.1 Å². The molecule has 4 rings (SSSR count). The lowest BCUT2D eigenvalue weighted by molar-refractivity contribution is -0.128. The van der Waals surface area contributed by atoms with Crippen molar-refractivity contribution in [2.24, 2.45) is 0 Å². The lowest BCUT2D eigenvalue weighted by atomic mass is 10.1. The number of nitrogens with one attached hydrogen (secondary N) is 2. The highest BCUT2D eigenvalue weighted by molar-refractivity contribution is 7.17. The molecule has 0 saturated carbocycles. The van der Waals surface area contributed by atoms with E-state index in [4.69, 9.17) is 0 Å². The van der Waals surface area contributed by atoms with E-state index in [0.29, 0.717) is 10.2 Å². The summed E-state index contributed by atoms with van der Waals surface area (Å²) >= 11 is 1.42. The largest absolute Gasteiger partial charge is 0.298 e. The van der Waals surface area contributed by atoms with E-state index in [0.717, 1.165) is 22.3 Å². The first-order valence-electron chi connectivity index (χ1n) is 10.2. The minimum atomic E-state index is -0.387. The zero-order valence-electron chi connectivity index (χ0n) is 17.5. The summed E-state index contributed by atoms with van der Waals surface area (Å²) in [6, 6.07) is 17.2. The summed E-state index contributed by atoms with van der Waals surface area (Å²) in [6.07, 6.45) is 1.66. The normalized spacial score (nSPS) is 10.8. The van der Waals surface area contributed by atoms with E-state index in [1.54, 1.807) is 0 Å². The number of fused-ring (bicyclic) bond motifs is 1. The molecule has 4 aromatic rings. The number of carbonyl (C=O) groups excluding carboxylic acids is 2. The molecule has 0 unspecified atom stereocenters. The van der Waals surface area contributed by atoms with Crippen LogP contribution in [0.5, 0.6) is 0 Å². The van der Waals surface area contributed by atoms with Crippen molar-refractivity contribution in [1.82, 2.24) is 20.4 Å². The summed E-state index contributed by atoms with van der Waals surface area (Å²) in [6.45, 7) is 2.17. The number of rotatable bonds is 6. The Balaban J connectivity index is 1.40. The highest BCUT2D eigenvalue weighted by Crippen LogP contribution is 2.30. The summed E-state index contributed by atoms with van der Waals surface area (Å²) in [5.74, 6) is -0.701. The summed E-state index contributed by atoms with van der Waals surface area (Å²) in [7, 11) is 0. The van der Waals surface area contributed by atoms with E-state index < -0.39 is 0 Å². The van der Waals surface area contributed by atoms with Crippen LogP contribution in [-0.4, -0.2) is 21.4 Å². The number of hydrazine groups is 1. The van der Waals surface area contributed by atoms with E-state index in [1.807, 2.05) is 66.9 Å². The number of benzene rings is 2. The Labute approximate surface area is 188 Å².